The molecule has 3 aromatic rings. The summed E-state index contributed by atoms with van der Waals surface area (Å²) in [6.45, 7) is 3.00. The van der Waals surface area contributed by atoms with Crippen molar-refractivity contribution in [1.82, 2.24) is 14.7 Å². The molecule has 0 aliphatic carbocycles. The first-order valence-corrected chi connectivity index (χ1v) is 8.77. The van der Waals surface area contributed by atoms with E-state index < -0.39 is 0 Å². The second kappa shape index (κ2) is 8.40. The molecule has 1 aromatic heterocycles. The number of hydrogen-bond donors (Lipinski definition) is 0. The van der Waals surface area contributed by atoms with Gasteiger partial charge in [-0.25, -0.2) is 4.68 Å². The highest BCUT2D eigenvalue weighted by atomic mass is 16.5. The Morgan fingerprint density at radius 3 is 2.33 bits per heavy atom. The lowest BCUT2D eigenvalue weighted by Gasteiger charge is -2.20. The largest absolute Gasteiger partial charge is 0.497 e. The summed E-state index contributed by atoms with van der Waals surface area (Å²) in [4.78, 5) is 14.8. The molecule has 0 N–H and O–H groups in total. The van der Waals surface area contributed by atoms with Crippen LogP contribution in [-0.2, 0) is 6.54 Å². The number of methoxy groups -OCH3 is 2. The number of rotatable bonds is 7. The molecule has 140 valence electrons. The van der Waals surface area contributed by atoms with Crippen LogP contribution < -0.4 is 9.47 Å². The summed E-state index contributed by atoms with van der Waals surface area (Å²) in [5.41, 5.74) is 2.19. The van der Waals surface area contributed by atoms with Crippen LogP contribution in [0.25, 0.3) is 5.69 Å². The van der Waals surface area contributed by atoms with E-state index in [9.17, 15) is 4.79 Å². The molecule has 1 amide bonds. The van der Waals surface area contributed by atoms with Gasteiger partial charge in [-0.1, -0.05) is 30.3 Å². The summed E-state index contributed by atoms with van der Waals surface area (Å²) < 4.78 is 12.2. The Labute approximate surface area is 158 Å². The van der Waals surface area contributed by atoms with E-state index in [1.807, 2.05) is 61.5 Å². The number of nitrogens with zero attached hydrogens (tertiary/aromatic N) is 3. The Morgan fingerprint density at radius 2 is 1.74 bits per heavy atom. The zero-order chi connectivity index (χ0) is 19.2. The second-order valence-corrected chi connectivity index (χ2v) is 5.99. The van der Waals surface area contributed by atoms with Crippen LogP contribution in [0.1, 0.15) is 23.0 Å². The van der Waals surface area contributed by atoms with Gasteiger partial charge in [-0.15, -0.1) is 0 Å². The van der Waals surface area contributed by atoms with Gasteiger partial charge >= 0.3 is 0 Å². The molecule has 0 bridgehead atoms. The summed E-state index contributed by atoms with van der Waals surface area (Å²) in [5.74, 6) is 1.08. The van der Waals surface area contributed by atoms with Gasteiger partial charge in [-0.3, -0.25) is 4.79 Å². The third-order valence-electron chi connectivity index (χ3n) is 4.33. The molecule has 6 heteroatoms. The van der Waals surface area contributed by atoms with E-state index in [0.717, 1.165) is 17.0 Å². The van der Waals surface area contributed by atoms with Crippen molar-refractivity contribution in [3.8, 4) is 17.2 Å². The van der Waals surface area contributed by atoms with Gasteiger partial charge in [0.2, 0.25) is 0 Å². The van der Waals surface area contributed by atoms with Gasteiger partial charge in [0.15, 0.2) is 11.4 Å². The predicted octanol–water partition coefficient (Wildman–Crippen LogP) is 3.55. The number of carbonyl (C=O) groups excluding carboxylic acids is 1. The molecule has 0 atom stereocenters. The fraction of sp³-hybridized carbons (Fsp3) is 0.238. The maximum Gasteiger partial charge on any atom is 0.278 e. The molecule has 27 heavy (non-hydrogen) atoms. The highest BCUT2D eigenvalue weighted by molar-refractivity contribution is 5.95. The first kappa shape index (κ1) is 18.5. The van der Waals surface area contributed by atoms with Crippen molar-refractivity contribution >= 4 is 5.91 Å². The monoisotopic (exact) mass is 365 g/mol. The lowest BCUT2D eigenvalue weighted by molar-refractivity contribution is 0.0743. The Kier molecular flexibility index (Phi) is 5.76. The molecule has 0 spiro atoms. The van der Waals surface area contributed by atoms with Gasteiger partial charge in [0, 0.05) is 13.1 Å². The van der Waals surface area contributed by atoms with Crippen molar-refractivity contribution in [2.75, 3.05) is 20.8 Å². The van der Waals surface area contributed by atoms with E-state index in [1.54, 1.807) is 30.0 Å². The Hall–Kier alpha value is -3.28. The van der Waals surface area contributed by atoms with E-state index in [-0.39, 0.29) is 5.91 Å². The van der Waals surface area contributed by atoms with E-state index in [2.05, 4.69) is 5.10 Å². The fourth-order valence-corrected chi connectivity index (χ4v) is 2.80. The Balaban J connectivity index is 1.84. The zero-order valence-electron chi connectivity index (χ0n) is 15.8. The van der Waals surface area contributed by atoms with Gasteiger partial charge < -0.3 is 14.4 Å². The average molecular weight is 365 g/mol. The average Bonchev–Trinajstić information content (AvgIpc) is 3.17. The van der Waals surface area contributed by atoms with Crippen molar-refractivity contribution in [2.45, 2.75) is 13.5 Å². The van der Waals surface area contributed by atoms with Crippen LogP contribution in [0.5, 0.6) is 11.5 Å². The van der Waals surface area contributed by atoms with E-state index in [1.165, 1.54) is 0 Å². The molecular formula is C21H23N3O3. The maximum atomic E-state index is 13.1. The van der Waals surface area contributed by atoms with Crippen molar-refractivity contribution < 1.29 is 14.3 Å². The predicted molar refractivity (Wildman–Crippen MR) is 104 cm³/mol. The van der Waals surface area contributed by atoms with Crippen molar-refractivity contribution in [2.24, 2.45) is 0 Å². The molecular weight excluding hydrogens is 342 g/mol. The van der Waals surface area contributed by atoms with E-state index in [4.69, 9.17) is 9.47 Å². The minimum absolute atomic E-state index is 0.167. The summed E-state index contributed by atoms with van der Waals surface area (Å²) in [5, 5.41) is 4.47. The summed E-state index contributed by atoms with van der Waals surface area (Å²) in [7, 11) is 3.18. The van der Waals surface area contributed by atoms with E-state index >= 15 is 0 Å². The van der Waals surface area contributed by atoms with Gasteiger partial charge in [-0.05, 0) is 36.8 Å². The standard InChI is InChI=1S/C21H23N3O3/c1-4-23(14-16-10-12-18(26-2)13-11-16)21(25)20-19(27-3)15-24(22-20)17-8-6-5-7-9-17/h5-13,15H,4,14H2,1-3H3. The molecule has 1 heterocycles. The zero-order valence-corrected chi connectivity index (χ0v) is 15.8. The van der Waals surface area contributed by atoms with Crippen LogP contribution in [0.4, 0.5) is 0 Å². The summed E-state index contributed by atoms with van der Waals surface area (Å²) in [6, 6.07) is 17.3. The molecule has 6 nitrogen and oxygen atoms in total. The molecule has 0 saturated carbocycles. The molecule has 0 unspecified atom stereocenters. The third-order valence-corrected chi connectivity index (χ3v) is 4.33. The number of ether oxygens (including phenoxy) is 2. The number of para-hydroxylation sites is 1. The molecule has 0 aliphatic heterocycles. The molecule has 3 rings (SSSR count). The van der Waals surface area contributed by atoms with Crippen LogP contribution in [0.2, 0.25) is 0 Å². The molecule has 2 aromatic carbocycles. The van der Waals surface area contributed by atoms with Gasteiger partial charge in [0.25, 0.3) is 5.91 Å². The van der Waals surface area contributed by atoms with E-state index in [0.29, 0.717) is 24.5 Å². The summed E-state index contributed by atoms with van der Waals surface area (Å²) >= 11 is 0. The minimum atomic E-state index is -0.167. The molecule has 0 aliphatic rings. The maximum absolute atomic E-state index is 13.1. The Bertz CT molecular complexity index is 889. The third kappa shape index (κ3) is 4.11. The van der Waals surface area contributed by atoms with Crippen molar-refractivity contribution in [3.63, 3.8) is 0 Å². The highest BCUT2D eigenvalue weighted by Crippen LogP contribution is 2.22. The first-order valence-electron chi connectivity index (χ1n) is 8.77. The summed E-state index contributed by atoms with van der Waals surface area (Å²) in [6.07, 6.45) is 1.73. The highest BCUT2D eigenvalue weighted by Gasteiger charge is 2.23. The van der Waals surface area contributed by atoms with Crippen LogP contribution in [0.3, 0.4) is 0 Å². The van der Waals surface area contributed by atoms with Gasteiger partial charge in [-0.2, -0.15) is 5.10 Å². The molecule has 0 fully saturated rings. The van der Waals surface area contributed by atoms with Crippen molar-refractivity contribution in [3.05, 3.63) is 72.1 Å². The van der Waals surface area contributed by atoms with Gasteiger partial charge in [0.1, 0.15) is 5.75 Å². The van der Waals surface area contributed by atoms with Crippen LogP contribution in [0.15, 0.2) is 60.8 Å². The molecule has 0 saturated heterocycles. The molecule has 0 radical (unpaired) electrons. The SMILES string of the molecule is CCN(Cc1ccc(OC)cc1)C(=O)c1nn(-c2ccccc2)cc1OC. The quantitative estimate of drug-likeness (QED) is 0.642. The normalized spacial score (nSPS) is 10.5. The number of benzene rings is 2. The number of hydrogen-bond acceptors (Lipinski definition) is 4. The first-order chi connectivity index (χ1) is 13.2. The van der Waals surface area contributed by atoms with Crippen molar-refractivity contribution in [1.29, 1.82) is 0 Å². The number of aromatic nitrogens is 2. The second-order valence-electron chi connectivity index (χ2n) is 5.99. The minimum Gasteiger partial charge on any atom is -0.497 e. The lowest BCUT2D eigenvalue weighted by Crippen LogP contribution is -2.31. The Morgan fingerprint density at radius 1 is 1.04 bits per heavy atom. The number of amides is 1. The van der Waals surface area contributed by atoms with Crippen LogP contribution in [0, 0.1) is 0 Å². The van der Waals surface area contributed by atoms with Crippen LogP contribution in [-0.4, -0.2) is 41.4 Å². The van der Waals surface area contributed by atoms with Gasteiger partial charge in [0.05, 0.1) is 26.1 Å². The lowest BCUT2D eigenvalue weighted by atomic mass is 10.2. The number of carbonyl (C=O) groups is 1. The fourth-order valence-electron chi connectivity index (χ4n) is 2.80. The van der Waals surface area contributed by atoms with Crippen LogP contribution >= 0.6 is 0 Å². The smallest absolute Gasteiger partial charge is 0.278 e. The topological polar surface area (TPSA) is 56.6 Å².